The molecule has 0 spiro atoms. The van der Waals surface area contributed by atoms with Gasteiger partial charge in [0.05, 0.1) is 26.2 Å². The largest absolute Gasteiger partial charge is 0.507 e. The van der Waals surface area contributed by atoms with Crippen molar-refractivity contribution in [1.29, 1.82) is 0 Å². The summed E-state index contributed by atoms with van der Waals surface area (Å²) in [4.78, 5) is 47.8. The third-order valence-electron chi connectivity index (χ3n) is 7.54. The summed E-state index contributed by atoms with van der Waals surface area (Å²) in [6.07, 6.45) is 0.514. The van der Waals surface area contributed by atoms with Crippen LogP contribution in [0.2, 0.25) is 0 Å². The van der Waals surface area contributed by atoms with E-state index in [4.69, 9.17) is 4.18 Å². The average molecular weight is 657 g/mol. The van der Waals surface area contributed by atoms with Crippen molar-refractivity contribution in [3.05, 3.63) is 87.5 Å². The number of phenols is 2. The van der Waals surface area contributed by atoms with E-state index in [9.17, 15) is 53.1 Å². The van der Waals surface area contributed by atoms with Crippen LogP contribution in [0.5, 0.6) is 11.5 Å². The van der Waals surface area contributed by atoms with Crippen molar-refractivity contribution in [3.63, 3.8) is 0 Å². The fourth-order valence-electron chi connectivity index (χ4n) is 5.67. The number of carboxylic acids is 3. The number of phenolic OH excluding ortho intramolecular Hbond substituents is 2. The summed E-state index contributed by atoms with van der Waals surface area (Å²) >= 11 is 0. The first kappa shape index (κ1) is 34.1. The Kier molecular flexibility index (Phi) is 9.82. The number of hydrogen-bond donors (Lipinski definition) is 5. The van der Waals surface area contributed by atoms with Crippen LogP contribution >= 0.6 is 0 Å². The van der Waals surface area contributed by atoms with Gasteiger partial charge < -0.3 is 30.3 Å². The third-order valence-corrected chi connectivity index (χ3v) is 8.90. The number of aliphatic carboxylic acids is 3. The molecular weight excluding hydrogens is 624 g/mol. The normalized spacial score (nSPS) is 16.8. The smallest absolute Gasteiger partial charge is 0.317 e. The predicted molar refractivity (Wildman–Crippen MR) is 160 cm³/mol. The van der Waals surface area contributed by atoms with E-state index in [-0.39, 0.29) is 75.0 Å². The van der Waals surface area contributed by atoms with Crippen molar-refractivity contribution in [3.8, 4) is 11.5 Å². The number of aromatic hydroxyl groups is 2. The van der Waals surface area contributed by atoms with Crippen LogP contribution in [0.3, 0.4) is 0 Å². The lowest BCUT2D eigenvalue weighted by atomic mass is 9.78. The molecule has 3 aromatic carbocycles. The molecule has 15 heteroatoms. The lowest BCUT2D eigenvalue weighted by Crippen LogP contribution is -2.34. The number of rotatable bonds is 14. The third kappa shape index (κ3) is 6.87. The number of aldehydes is 1. The fraction of sp³-hybridized carbons (Fsp3) is 0.290. The molecule has 46 heavy (non-hydrogen) atoms. The van der Waals surface area contributed by atoms with Crippen LogP contribution in [-0.4, -0.2) is 94.1 Å². The molecule has 1 aliphatic heterocycles. The molecule has 0 radical (unpaired) electrons. The molecule has 0 saturated carbocycles. The molecule has 0 fully saturated rings. The maximum absolute atomic E-state index is 13.5. The summed E-state index contributed by atoms with van der Waals surface area (Å²) < 4.78 is 33.0. The lowest BCUT2D eigenvalue weighted by Gasteiger charge is -2.32. The van der Waals surface area contributed by atoms with Crippen LogP contribution in [0, 0.1) is 13.8 Å². The molecular formula is C31H32N2O12S. The number of hydrogen-bond acceptors (Lipinski definition) is 11. The number of fused-ring (bicyclic) bond motifs is 1. The van der Waals surface area contributed by atoms with Crippen molar-refractivity contribution in [1.82, 2.24) is 9.80 Å². The first-order chi connectivity index (χ1) is 21.6. The average Bonchev–Trinajstić information content (AvgIpc) is 3.20. The van der Waals surface area contributed by atoms with Gasteiger partial charge in [0.15, 0.2) is 5.60 Å². The Bertz CT molecular complexity index is 1810. The monoisotopic (exact) mass is 656 g/mol. The maximum Gasteiger partial charge on any atom is 0.317 e. The highest BCUT2D eigenvalue weighted by atomic mass is 32.2. The van der Waals surface area contributed by atoms with E-state index < -0.39 is 53.3 Å². The van der Waals surface area contributed by atoms with Gasteiger partial charge in [0, 0.05) is 29.8 Å². The molecule has 0 amide bonds. The Hall–Kier alpha value is -4.83. The first-order valence-electron chi connectivity index (χ1n) is 13.8. The van der Waals surface area contributed by atoms with Crippen LogP contribution in [0.15, 0.2) is 53.4 Å². The molecule has 1 heterocycles. The lowest BCUT2D eigenvalue weighted by molar-refractivity contribution is -0.142. The van der Waals surface area contributed by atoms with Crippen molar-refractivity contribution in [2.75, 3.05) is 26.2 Å². The minimum Gasteiger partial charge on any atom is -0.507 e. The van der Waals surface area contributed by atoms with Crippen molar-refractivity contribution >= 4 is 34.3 Å². The van der Waals surface area contributed by atoms with Crippen LogP contribution in [0.25, 0.3) is 0 Å². The van der Waals surface area contributed by atoms with Gasteiger partial charge in [-0.3, -0.25) is 24.2 Å². The van der Waals surface area contributed by atoms with E-state index in [0.717, 1.165) is 4.90 Å². The standard InChI is InChI=1S/C31H32N2O12S/c1-18-9-22(11-20(29(18)41)13-32(7-8-34)15-26(35)36)31(24-5-3-4-6-25(24)46(43,44)45-31)23-10-19(2)30(42)21(12-23)14-33(16-27(37)38)17-28(39)40/h3-6,8-12,41-42H,7,13-17H2,1-2H3,(H,35,36)(H,37,38)(H,39,40). The minimum absolute atomic E-state index is 0.0941. The number of carbonyl (C=O) groups excluding carboxylic acids is 1. The first-order valence-corrected chi connectivity index (χ1v) is 15.2. The van der Waals surface area contributed by atoms with E-state index in [1.807, 2.05) is 0 Å². The summed E-state index contributed by atoms with van der Waals surface area (Å²) in [6.45, 7) is 0.427. The van der Waals surface area contributed by atoms with E-state index in [1.54, 1.807) is 13.0 Å². The number of aryl methyl sites for hydroxylation is 2. The van der Waals surface area contributed by atoms with E-state index in [1.165, 1.54) is 54.3 Å². The Morgan fingerprint density at radius 3 is 1.72 bits per heavy atom. The van der Waals surface area contributed by atoms with E-state index >= 15 is 0 Å². The van der Waals surface area contributed by atoms with Gasteiger partial charge in [-0.25, -0.2) is 4.18 Å². The molecule has 1 atom stereocenters. The Labute approximate surface area is 263 Å². The van der Waals surface area contributed by atoms with E-state index in [0.29, 0.717) is 6.29 Å². The van der Waals surface area contributed by atoms with E-state index in [2.05, 4.69) is 0 Å². The Balaban J connectivity index is 2.00. The molecule has 244 valence electrons. The molecule has 1 aliphatic rings. The number of carbonyl (C=O) groups is 4. The zero-order chi connectivity index (χ0) is 34.0. The highest BCUT2D eigenvalue weighted by Crippen LogP contribution is 2.52. The van der Waals surface area contributed by atoms with Crippen LogP contribution in [0.1, 0.15) is 38.9 Å². The number of carboxylic acid groups (broad SMARTS) is 3. The van der Waals surface area contributed by atoms with Crippen LogP contribution in [0.4, 0.5) is 0 Å². The highest BCUT2D eigenvalue weighted by molar-refractivity contribution is 7.87. The maximum atomic E-state index is 13.5. The zero-order valence-electron chi connectivity index (χ0n) is 24.8. The highest BCUT2D eigenvalue weighted by Gasteiger charge is 2.52. The summed E-state index contributed by atoms with van der Waals surface area (Å²) in [5, 5.41) is 50.0. The van der Waals surface area contributed by atoms with Crippen molar-refractivity contribution in [2.24, 2.45) is 0 Å². The van der Waals surface area contributed by atoms with Gasteiger partial charge in [-0.05, 0) is 66.4 Å². The number of nitrogens with zero attached hydrogens (tertiary/aromatic N) is 2. The quantitative estimate of drug-likeness (QED) is 0.123. The second kappa shape index (κ2) is 13.3. The molecule has 5 N–H and O–H groups in total. The second-order valence-corrected chi connectivity index (χ2v) is 12.5. The van der Waals surface area contributed by atoms with Gasteiger partial charge in [0.1, 0.15) is 22.7 Å². The van der Waals surface area contributed by atoms with Gasteiger partial charge in [0.2, 0.25) is 0 Å². The van der Waals surface area contributed by atoms with Gasteiger partial charge in [-0.2, -0.15) is 8.42 Å². The molecule has 0 bridgehead atoms. The summed E-state index contributed by atoms with van der Waals surface area (Å²) in [6, 6.07) is 11.8. The molecule has 0 aliphatic carbocycles. The van der Waals surface area contributed by atoms with Crippen LogP contribution in [-0.2, 0) is 52.2 Å². The van der Waals surface area contributed by atoms with Gasteiger partial charge in [-0.1, -0.05) is 18.2 Å². The topological polar surface area (TPSA) is 219 Å². The van der Waals surface area contributed by atoms with Gasteiger partial charge >= 0.3 is 17.9 Å². The van der Waals surface area contributed by atoms with Gasteiger partial charge in [0.25, 0.3) is 10.1 Å². The molecule has 0 aromatic heterocycles. The van der Waals surface area contributed by atoms with Crippen LogP contribution < -0.4 is 0 Å². The SMILES string of the molecule is Cc1cc(C2(c3cc(C)c(O)c(CN(CC(=O)O)CC(=O)O)c3)OS(=O)(=O)c3ccccc32)cc(CN(CC=O)CC(=O)O)c1O. The van der Waals surface area contributed by atoms with Gasteiger partial charge in [-0.15, -0.1) is 0 Å². The molecule has 0 saturated heterocycles. The summed E-state index contributed by atoms with van der Waals surface area (Å²) in [5.41, 5.74) is -0.558. The second-order valence-electron chi connectivity index (χ2n) is 11.0. The Morgan fingerprint density at radius 1 is 0.783 bits per heavy atom. The summed E-state index contributed by atoms with van der Waals surface area (Å²) in [5.74, 6) is -4.30. The summed E-state index contributed by atoms with van der Waals surface area (Å²) in [7, 11) is -4.41. The minimum atomic E-state index is -4.41. The molecule has 4 rings (SSSR count). The van der Waals surface area contributed by atoms with Crippen molar-refractivity contribution < 1.29 is 57.3 Å². The molecule has 1 unspecified atom stereocenters. The fourth-order valence-corrected chi connectivity index (χ4v) is 7.10. The van der Waals surface area contributed by atoms with Crippen molar-refractivity contribution in [2.45, 2.75) is 37.4 Å². The molecule has 14 nitrogen and oxygen atoms in total. The Morgan fingerprint density at radius 2 is 1.24 bits per heavy atom. The predicted octanol–water partition coefficient (Wildman–Crippen LogP) is 1.78. The number of benzene rings is 3. The molecule has 3 aromatic rings. The zero-order valence-corrected chi connectivity index (χ0v) is 25.7.